The Kier molecular flexibility index (Phi) is 8.93. The molecule has 1 aromatic heterocycles. The summed E-state index contributed by atoms with van der Waals surface area (Å²) >= 11 is 0. The van der Waals surface area contributed by atoms with Crippen molar-refractivity contribution in [2.24, 2.45) is 0 Å². The highest BCUT2D eigenvalue weighted by Gasteiger charge is 2.37. The van der Waals surface area contributed by atoms with Crippen LogP contribution in [0.25, 0.3) is 111 Å². The minimum atomic E-state index is -0.263. The Morgan fingerprint density at radius 1 is 0.462 bits per heavy atom. The third-order valence-corrected chi connectivity index (χ3v) is 13.9. The number of aromatic nitrogens is 2. The van der Waals surface area contributed by atoms with Crippen molar-refractivity contribution in [2.45, 2.75) is 26.2 Å². The summed E-state index contributed by atoms with van der Waals surface area (Å²) in [6.45, 7) is 10.8. The lowest BCUT2D eigenvalue weighted by Gasteiger charge is -2.24. The molecule has 0 saturated heterocycles. The largest absolute Gasteiger partial charge is 0.293 e. The van der Waals surface area contributed by atoms with Crippen LogP contribution in [-0.2, 0) is 5.41 Å². The highest BCUT2D eigenvalue weighted by Crippen LogP contribution is 2.55. The summed E-state index contributed by atoms with van der Waals surface area (Å²) in [6, 6.07) is 71.8. The van der Waals surface area contributed by atoms with Gasteiger partial charge in [0, 0.05) is 16.7 Å². The van der Waals surface area contributed by atoms with Crippen LogP contribution in [0.3, 0.4) is 0 Å². The lowest BCUT2D eigenvalue weighted by Crippen LogP contribution is -2.15. The number of benzene rings is 10. The maximum atomic E-state index is 5.17. The van der Waals surface area contributed by atoms with Gasteiger partial charge in [0.25, 0.3) is 0 Å². The zero-order chi connectivity index (χ0) is 43.8. The molecule has 1 aliphatic carbocycles. The molecule has 0 bridgehead atoms. The molecule has 0 saturated carbocycles. The molecule has 0 radical (unpaired) electrons. The summed E-state index contributed by atoms with van der Waals surface area (Å²) in [6.07, 6.45) is 5.89. The monoisotopic (exact) mass is 830 g/mol. The van der Waals surface area contributed by atoms with Crippen LogP contribution in [0.1, 0.15) is 36.4 Å². The first-order valence-electron chi connectivity index (χ1n) is 22.6. The zero-order valence-electron chi connectivity index (χ0n) is 36.8. The highest BCUT2D eigenvalue weighted by molar-refractivity contribution is 6.26. The SMILES string of the molecule is C=C/C=C\c1c(C)nc(-c2cccc(-c3ccc4c(c3)C(C)(C)c3cc5c(-c6cccc7ccccc67)c6ccccc6c(-c6cccc7ccccc67)c5cc3-4)c2)n1-c1ccccc1. The fourth-order valence-electron chi connectivity index (χ4n) is 10.8. The summed E-state index contributed by atoms with van der Waals surface area (Å²) in [4.78, 5) is 5.17. The number of rotatable bonds is 7. The summed E-state index contributed by atoms with van der Waals surface area (Å²) < 4.78 is 2.25. The van der Waals surface area contributed by atoms with Gasteiger partial charge < -0.3 is 0 Å². The average molecular weight is 831 g/mol. The molecule has 1 heterocycles. The normalized spacial score (nSPS) is 13.0. The van der Waals surface area contributed by atoms with Crippen LogP contribution in [-0.4, -0.2) is 9.55 Å². The number of allylic oxidation sites excluding steroid dienone is 2. The Labute approximate surface area is 380 Å². The summed E-state index contributed by atoms with van der Waals surface area (Å²) in [5.74, 6) is 0.913. The third kappa shape index (κ3) is 6.05. The summed E-state index contributed by atoms with van der Waals surface area (Å²) in [7, 11) is 0. The minimum absolute atomic E-state index is 0.263. The molecule has 0 atom stereocenters. The molecule has 0 fully saturated rings. The van der Waals surface area contributed by atoms with E-state index in [1.807, 2.05) is 12.2 Å². The first-order chi connectivity index (χ1) is 31.9. The van der Waals surface area contributed by atoms with Crippen molar-refractivity contribution in [1.29, 1.82) is 0 Å². The smallest absolute Gasteiger partial charge is 0.145 e. The molecular weight excluding hydrogens is 785 g/mol. The Morgan fingerprint density at radius 3 is 1.66 bits per heavy atom. The van der Waals surface area contributed by atoms with Crippen molar-refractivity contribution < 1.29 is 0 Å². The van der Waals surface area contributed by atoms with E-state index in [2.05, 4.69) is 232 Å². The van der Waals surface area contributed by atoms with E-state index in [-0.39, 0.29) is 5.41 Å². The number of nitrogens with zero attached hydrogens (tertiary/aromatic N) is 2. The van der Waals surface area contributed by atoms with E-state index in [4.69, 9.17) is 4.98 Å². The van der Waals surface area contributed by atoms with Crippen molar-refractivity contribution in [3.05, 3.63) is 235 Å². The molecule has 0 unspecified atom stereocenters. The van der Waals surface area contributed by atoms with Gasteiger partial charge in [0.05, 0.1) is 11.4 Å². The van der Waals surface area contributed by atoms with Gasteiger partial charge in [-0.05, 0) is 148 Å². The molecule has 10 aromatic carbocycles. The molecule has 2 nitrogen and oxygen atoms in total. The standard InChI is InChI=1S/C63H46N2/c1-5-6-33-59-40(2)64-62(65(59)46-25-8-7-9-26-46)45-24-16-23-43(36-45)44-34-35-49-54-38-55-56(39-58(54)63(3,4)57(49)37-44)61(51-32-18-22-42-20-11-13-28-48(42)51)53-30-15-14-29-52(53)60(55)50-31-17-21-41-19-10-12-27-47(41)50/h5-39H,1H2,2-4H3/b33-6-. The Morgan fingerprint density at radius 2 is 1.00 bits per heavy atom. The first-order valence-corrected chi connectivity index (χ1v) is 22.6. The van der Waals surface area contributed by atoms with Gasteiger partial charge in [0.1, 0.15) is 5.82 Å². The molecule has 12 rings (SSSR count). The minimum Gasteiger partial charge on any atom is -0.293 e. The molecular formula is C63H46N2. The van der Waals surface area contributed by atoms with Crippen LogP contribution < -0.4 is 0 Å². The Bertz CT molecular complexity index is 3760. The number of aryl methyl sites for hydroxylation is 1. The highest BCUT2D eigenvalue weighted by atomic mass is 15.1. The number of fused-ring (bicyclic) bond motifs is 7. The van der Waals surface area contributed by atoms with Crippen LogP contribution in [0, 0.1) is 6.92 Å². The van der Waals surface area contributed by atoms with Gasteiger partial charge in [-0.15, -0.1) is 0 Å². The average Bonchev–Trinajstić information content (AvgIpc) is 3.80. The Hall–Kier alpha value is -8.07. The molecule has 0 amide bonds. The van der Waals surface area contributed by atoms with Crippen LogP contribution in [0.5, 0.6) is 0 Å². The van der Waals surface area contributed by atoms with Gasteiger partial charge in [-0.2, -0.15) is 0 Å². The van der Waals surface area contributed by atoms with Gasteiger partial charge >= 0.3 is 0 Å². The van der Waals surface area contributed by atoms with Gasteiger partial charge in [-0.3, -0.25) is 4.57 Å². The van der Waals surface area contributed by atoms with Crippen molar-refractivity contribution in [1.82, 2.24) is 9.55 Å². The van der Waals surface area contributed by atoms with Crippen molar-refractivity contribution >= 4 is 49.2 Å². The molecule has 11 aromatic rings. The molecule has 0 N–H and O–H groups in total. The predicted molar refractivity (Wildman–Crippen MR) is 277 cm³/mol. The number of imidazole rings is 1. The second-order valence-electron chi connectivity index (χ2n) is 17.9. The molecule has 0 aliphatic heterocycles. The van der Waals surface area contributed by atoms with Crippen molar-refractivity contribution in [2.75, 3.05) is 0 Å². The molecule has 65 heavy (non-hydrogen) atoms. The van der Waals surface area contributed by atoms with E-state index >= 15 is 0 Å². The number of para-hydroxylation sites is 1. The van der Waals surface area contributed by atoms with Crippen molar-refractivity contribution in [3.63, 3.8) is 0 Å². The fourth-order valence-corrected chi connectivity index (χ4v) is 10.8. The summed E-state index contributed by atoms with van der Waals surface area (Å²) in [5.41, 5.74) is 16.6. The van der Waals surface area contributed by atoms with Gasteiger partial charge in [0.2, 0.25) is 0 Å². The lowest BCUT2D eigenvalue weighted by atomic mass is 9.78. The second kappa shape index (κ2) is 15.0. The van der Waals surface area contributed by atoms with Crippen LogP contribution in [0.2, 0.25) is 0 Å². The third-order valence-electron chi connectivity index (χ3n) is 13.9. The predicted octanol–water partition coefficient (Wildman–Crippen LogP) is 17.0. The second-order valence-corrected chi connectivity index (χ2v) is 17.9. The number of hydrogen-bond donors (Lipinski definition) is 0. The molecule has 1 aliphatic rings. The Balaban J connectivity index is 1.08. The van der Waals surface area contributed by atoms with E-state index in [1.165, 1.54) is 93.2 Å². The molecule has 2 heteroatoms. The molecule has 0 spiro atoms. The van der Waals surface area contributed by atoms with Gasteiger partial charge in [0.15, 0.2) is 0 Å². The van der Waals surface area contributed by atoms with Crippen LogP contribution >= 0.6 is 0 Å². The number of hydrogen-bond acceptors (Lipinski definition) is 1. The van der Waals surface area contributed by atoms with E-state index < -0.39 is 0 Å². The maximum absolute atomic E-state index is 5.17. The topological polar surface area (TPSA) is 17.8 Å². The summed E-state index contributed by atoms with van der Waals surface area (Å²) in [5, 5.41) is 10.1. The first kappa shape index (κ1) is 38.6. The van der Waals surface area contributed by atoms with E-state index in [0.29, 0.717) is 0 Å². The molecule has 308 valence electrons. The van der Waals surface area contributed by atoms with Crippen molar-refractivity contribution in [3.8, 4) is 61.6 Å². The quantitative estimate of drug-likeness (QED) is 0.116. The maximum Gasteiger partial charge on any atom is 0.145 e. The van der Waals surface area contributed by atoms with Crippen LogP contribution in [0.4, 0.5) is 0 Å². The van der Waals surface area contributed by atoms with Gasteiger partial charge in [-0.1, -0.05) is 190 Å². The zero-order valence-corrected chi connectivity index (χ0v) is 36.8. The fraction of sp³-hybridized carbons (Fsp3) is 0.0635. The van der Waals surface area contributed by atoms with E-state index in [0.717, 1.165) is 34.0 Å². The van der Waals surface area contributed by atoms with Gasteiger partial charge in [-0.25, -0.2) is 4.98 Å². The lowest BCUT2D eigenvalue weighted by molar-refractivity contribution is 0.661. The van der Waals surface area contributed by atoms with Crippen LogP contribution in [0.15, 0.2) is 213 Å². The van der Waals surface area contributed by atoms with E-state index in [9.17, 15) is 0 Å². The van der Waals surface area contributed by atoms with E-state index in [1.54, 1.807) is 0 Å².